The first-order valence-corrected chi connectivity index (χ1v) is 8.20. The molecule has 0 radical (unpaired) electrons. The minimum absolute atomic E-state index is 0.114. The highest BCUT2D eigenvalue weighted by molar-refractivity contribution is 14.1. The van der Waals surface area contributed by atoms with Crippen LogP contribution in [0, 0.1) is 9.39 Å². The molecule has 0 fully saturated rings. The Morgan fingerprint density at radius 1 is 0.917 bits per heavy atom. The van der Waals surface area contributed by atoms with Gasteiger partial charge in [-0.15, -0.1) is 0 Å². The fourth-order valence-corrected chi connectivity index (χ4v) is 3.60. The Bertz CT molecular complexity index is 836. The van der Waals surface area contributed by atoms with E-state index in [0.717, 1.165) is 11.8 Å². The largest absolute Gasteiger partial charge is 0.418 e. The molecule has 6 heteroatoms. The number of aromatic nitrogens is 1. The van der Waals surface area contributed by atoms with Gasteiger partial charge in [-0.05, 0) is 58.0 Å². The first-order valence-electron chi connectivity index (χ1n) is 7.12. The second-order valence-electron chi connectivity index (χ2n) is 5.32. The van der Waals surface area contributed by atoms with Gasteiger partial charge in [0.25, 0.3) is 0 Å². The van der Waals surface area contributed by atoms with E-state index in [2.05, 4.69) is 0 Å². The van der Waals surface area contributed by atoms with Crippen LogP contribution in [0.3, 0.4) is 0 Å². The molecule has 0 bridgehead atoms. The van der Waals surface area contributed by atoms with Crippen LogP contribution in [-0.4, -0.2) is 4.57 Å². The number of nitrogens with zero attached hydrogens (tertiary/aromatic N) is 1. The van der Waals surface area contributed by atoms with E-state index < -0.39 is 17.6 Å². The van der Waals surface area contributed by atoms with Crippen LogP contribution >= 0.6 is 22.6 Å². The summed E-state index contributed by atoms with van der Waals surface area (Å²) >= 11 is 1.71. The summed E-state index contributed by atoms with van der Waals surface area (Å²) < 4.78 is 54.7. The Labute approximate surface area is 150 Å². The fraction of sp³-hybridized carbons (Fsp3) is 0.111. The van der Waals surface area contributed by atoms with Crippen molar-refractivity contribution in [1.29, 1.82) is 0 Å². The van der Waals surface area contributed by atoms with Crippen LogP contribution in [0.15, 0.2) is 60.8 Å². The summed E-state index contributed by atoms with van der Waals surface area (Å²) in [5, 5.41) is 0. The van der Waals surface area contributed by atoms with E-state index in [4.69, 9.17) is 0 Å². The number of rotatable bonds is 3. The quantitative estimate of drug-likeness (QED) is 0.346. The molecule has 0 aliphatic heterocycles. The number of benzene rings is 2. The predicted octanol–water partition coefficient (Wildman–Crippen LogP) is 5.97. The summed E-state index contributed by atoms with van der Waals surface area (Å²) in [6, 6.07) is 14.7. The Hall–Kier alpha value is -1.83. The van der Waals surface area contributed by atoms with E-state index in [9.17, 15) is 17.6 Å². The number of hydrogen-bond donors (Lipinski definition) is 0. The zero-order valence-corrected chi connectivity index (χ0v) is 14.5. The third-order valence-electron chi connectivity index (χ3n) is 3.64. The minimum atomic E-state index is -4.44. The van der Waals surface area contributed by atoms with Gasteiger partial charge in [-0.25, -0.2) is 4.39 Å². The van der Waals surface area contributed by atoms with E-state index in [1.165, 1.54) is 24.3 Å². The summed E-state index contributed by atoms with van der Waals surface area (Å²) in [7, 11) is 0. The van der Waals surface area contributed by atoms with Crippen molar-refractivity contribution in [1.82, 2.24) is 4.57 Å². The lowest BCUT2D eigenvalue weighted by atomic mass is 10.1. The van der Waals surface area contributed by atoms with Crippen molar-refractivity contribution in [3.8, 4) is 11.3 Å². The molecule has 2 aromatic carbocycles. The topological polar surface area (TPSA) is 4.93 Å². The number of hydrogen-bond acceptors (Lipinski definition) is 0. The summed E-state index contributed by atoms with van der Waals surface area (Å²) in [5.41, 5.74) is 1.19. The lowest BCUT2D eigenvalue weighted by molar-refractivity contribution is -0.138. The molecule has 0 N–H and O–H groups in total. The highest BCUT2D eigenvalue weighted by Crippen LogP contribution is 2.39. The van der Waals surface area contributed by atoms with Gasteiger partial charge in [0.05, 0.1) is 14.8 Å². The number of alkyl halides is 3. The van der Waals surface area contributed by atoms with Crippen molar-refractivity contribution in [2.45, 2.75) is 12.7 Å². The van der Waals surface area contributed by atoms with Crippen LogP contribution in [0.5, 0.6) is 0 Å². The van der Waals surface area contributed by atoms with E-state index in [1.54, 1.807) is 27.2 Å². The molecule has 3 aromatic rings. The van der Waals surface area contributed by atoms with Crippen LogP contribution in [-0.2, 0) is 12.7 Å². The SMILES string of the molecule is Fc1ccc(-c2c(I)c(C(F)(F)F)cn2Cc2ccccc2)cc1. The first kappa shape index (κ1) is 17.0. The zero-order chi connectivity index (χ0) is 17.3. The second kappa shape index (κ2) is 6.58. The summed E-state index contributed by atoms with van der Waals surface area (Å²) in [6.07, 6.45) is -3.32. The Morgan fingerprint density at radius 3 is 2.12 bits per heavy atom. The van der Waals surface area contributed by atoms with Crippen molar-refractivity contribution < 1.29 is 17.6 Å². The van der Waals surface area contributed by atoms with Gasteiger partial charge in [-0.2, -0.15) is 13.2 Å². The van der Waals surface area contributed by atoms with E-state index in [-0.39, 0.29) is 3.57 Å². The molecule has 3 rings (SSSR count). The summed E-state index contributed by atoms with van der Waals surface area (Å²) in [5.74, 6) is -0.425. The van der Waals surface area contributed by atoms with Crippen molar-refractivity contribution in [2.24, 2.45) is 0 Å². The van der Waals surface area contributed by atoms with Crippen molar-refractivity contribution in [3.63, 3.8) is 0 Å². The molecule has 0 atom stereocenters. The zero-order valence-electron chi connectivity index (χ0n) is 12.3. The molecule has 0 aliphatic carbocycles. The Morgan fingerprint density at radius 2 is 1.54 bits per heavy atom. The van der Waals surface area contributed by atoms with E-state index >= 15 is 0 Å². The van der Waals surface area contributed by atoms with Crippen molar-refractivity contribution in [2.75, 3.05) is 0 Å². The Kier molecular flexibility index (Phi) is 4.67. The molecule has 0 saturated heterocycles. The molecular weight excluding hydrogens is 433 g/mol. The fourth-order valence-electron chi connectivity index (χ4n) is 2.53. The molecule has 1 nitrogen and oxygen atoms in total. The van der Waals surface area contributed by atoms with Gasteiger partial charge < -0.3 is 4.57 Å². The molecule has 0 spiro atoms. The first-order chi connectivity index (χ1) is 11.4. The van der Waals surface area contributed by atoms with E-state index in [1.807, 2.05) is 30.3 Å². The molecular formula is C18H12F4IN. The lowest BCUT2D eigenvalue weighted by Gasteiger charge is -2.10. The molecule has 0 saturated carbocycles. The van der Waals surface area contributed by atoms with E-state index in [0.29, 0.717) is 17.8 Å². The third kappa shape index (κ3) is 3.48. The van der Waals surface area contributed by atoms with Gasteiger partial charge in [-0.3, -0.25) is 0 Å². The van der Waals surface area contributed by atoms with Gasteiger partial charge in [0.15, 0.2) is 0 Å². The van der Waals surface area contributed by atoms with Crippen LogP contribution in [0.2, 0.25) is 0 Å². The predicted molar refractivity (Wildman–Crippen MR) is 93.1 cm³/mol. The summed E-state index contributed by atoms with van der Waals surface area (Å²) in [4.78, 5) is 0. The Balaban J connectivity index is 2.14. The molecule has 1 heterocycles. The standard InChI is InChI=1S/C18H12F4IN/c19-14-8-6-13(7-9-14)17-16(23)15(18(20,21)22)11-24(17)10-12-4-2-1-3-5-12/h1-9,11H,10H2. The van der Waals surface area contributed by atoms with Gasteiger partial charge in [0.1, 0.15) is 5.82 Å². The van der Waals surface area contributed by atoms with Crippen LogP contribution < -0.4 is 0 Å². The van der Waals surface area contributed by atoms with Crippen LogP contribution in [0.1, 0.15) is 11.1 Å². The van der Waals surface area contributed by atoms with Crippen molar-refractivity contribution in [3.05, 3.63) is 81.3 Å². The maximum absolute atomic E-state index is 13.3. The van der Waals surface area contributed by atoms with Gasteiger partial charge in [0, 0.05) is 12.7 Å². The van der Waals surface area contributed by atoms with Gasteiger partial charge in [0.2, 0.25) is 0 Å². The van der Waals surface area contributed by atoms with Crippen molar-refractivity contribution >= 4 is 22.6 Å². The average Bonchev–Trinajstić information content (AvgIpc) is 2.86. The monoisotopic (exact) mass is 445 g/mol. The molecule has 124 valence electrons. The smallest absolute Gasteiger partial charge is 0.342 e. The molecule has 24 heavy (non-hydrogen) atoms. The highest BCUT2D eigenvalue weighted by atomic mass is 127. The second-order valence-corrected chi connectivity index (χ2v) is 6.40. The minimum Gasteiger partial charge on any atom is -0.342 e. The van der Waals surface area contributed by atoms with Crippen LogP contribution in [0.25, 0.3) is 11.3 Å². The average molecular weight is 445 g/mol. The number of halogens is 5. The molecule has 0 amide bonds. The summed E-state index contributed by atoms with van der Waals surface area (Å²) in [6.45, 7) is 0.305. The normalized spacial score (nSPS) is 11.7. The molecule has 0 aliphatic rings. The van der Waals surface area contributed by atoms with Crippen LogP contribution in [0.4, 0.5) is 17.6 Å². The highest BCUT2D eigenvalue weighted by Gasteiger charge is 2.36. The maximum Gasteiger partial charge on any atom is 0.418 e. The van der Waals surface area contributed by atoms with Gasteiger partial charge >= 0.3 is 6.18 Å². The molecule has 1 aromatic heterocycles. The van der Waals surface area contributed by atoms with Gasteiger partial charge in [-0.1, -0.05) is 30.3 Å². The molecule has 0 unspecified atom stereocenters. The maximum atomic E-state index is 13.3. The lowest BCUT2D eigenvalue weighted by Crippen LogP contribution is -2.05. The third-order valence-corrected chi connectivity index (χ3v) is 4.73.